The number of hydrogen-bond donors (Lipinski definition) is 0. The molecule has 3 heteroatoms. The molecule has 0 N–H and O–H groups in total. The Morgan fingerprint density at radius 3 is 2.91 bits per heavy atom. The average Bonchev–Trinajstić information content (AvgIpc) is 2.35. The van der Waals surface area contributed by atoms with Gasteiger partial charge in [-0.05, 0) is 19.1 Å². The zero-order chi connectivity index (χ0) is 7.84. The summed E-state index contributed by atoms with van der Waals surface area (Å²) in [6.07, 6.45) is 1.97. The molecule has 0 spiro atoms. The Labute approximate surface area is 65.0 Å². The molecule has 0 saturated heterocycles. The van der Waals surface area contributed by atoms with Gasteiger partial charge in [-0.1, -0.05) is 0 Å². The number of aryl methyl sites for hydroxylation is 2. The Hall–Kier alpha value is -1.38. The summed E-state index contributed by atoms with van der Waals surface area (Å²) in [6.45, 7) is 1.97. The molecular weight excluding hydrogens is 138 g/mol. The number of hydrogen-bond acceptors (Lipinski definition) is 2. The summed E-state index contributed by atoms with van der Waals surface area (Å²) < 4.78 is 1.97. The van der Waals surface area contributed by atoms with Crippen LogP contribution < -0.4 is 0 Å². The number of fused-ring (bicyclic) bond motifs is 1. The zero-order valence-corrected chi connectivity index (χ0v) is 6.57. The smallest absolute Gasteiger partial charge is 0.164 e. The fourth-order valence-corrected chi connectivity index (χ4v) is 1.19. The fraction of sp³-hybridized carbons (Fsp3) is 0.250. The predicted octanol–water partition coefficient (Wildman–Crippen LogP) is 1.23. The Bertz CT molecular complexity index is 351. The molecule has 11 heavy (non-hydrogen) atoms. The molecule has 0 saturated carbocycles. The largest absolute Gasteiger partial charge is 0.334 e. The molecule has 2 heterocycles. The van der Waals surface area contributed by atoms with E-state index in [0.717, 1.165) is 17.1 Å². The lowest BCUT2D eigenvalue weighted by Crippen LogP contribution is -1.95. The molecule has 0 bridgehead atoms. The highest BCUT2D eigenvalue weighted by atomic mass is 15.2. The number of aromatic nitrogens is 3. The third kappa shape index (κ3) is 0.808. The van der Waals surface area contributed by atoms with Crippen LogP contribution in [0.5, 0.6) is 0 Å². The molecule has 0 atom stereocenters. The van der Waals surface area contributed by atoms with Gasteiger partial charge in [-0.2, -0.15) is 5.10 Å². The van der Waals surface area contributed by atoms with E-state index in [1.54, 1.807) is 0 Å². The fourth-order valence-electron chi connectivity index (χ4n) is 1.19. The molecule has 0 aromatic heterocycles. The van der Waals surface area contributed by atoms with Crippen molar-refractivity contribution in [2.24, 2.45) is 7.05 Å². The van der Waals surface area contributed by atoms with Crippen molar-refractivity contribution in [1.82, 2.24) is 14.8 Å². The molecule has 0 radical (unpaired) electrons. The second-order valence-corrected chi connectivity index (χ2v) is 2.64. The van der Waals surface area contributed by atoms with Crippen LogP contribution in [0.4, 0.5) is 0 Å². The van der Waals surface area contributed by atoms with Crippen molar-refractivity contribution in [3.63, 3.8) is 0 Å². The van der Waals surface area contributed by atoms with Gasteiger partial charge in [-0.15, -0.1) is 5.10 Å². The van der Waals surface area contributed by atoms with Gasteiger partial charge in [0.15, 0.2) is 5.82 Å². The molecule has 0 fully saturated rings. The van der Waals surface area contributed by atoms with Gasteiger partial charge in [0.2, 0.25) is 0 Å². The normalized spacial score (nSPS) is 10.7. The first-order valence-electron chi connectivity index (χ1n) is 3.53. The van der Waals surface area contributed by atoms with Crippen molar-refractivity contribution in [1.29, 1.82) is 0 Å². The van der Waals surface area contributed by atoms with E-state index in [0.29, 0.717) is 0 Å². The maximum atomic E-state index is 4.03. The van der Waals surface area contributed by atoms with E-state index >= 15 is 0 Å². The van der Waals surface area contributed by atoms with Gasteiger partial charge in [0, 0.05) is 18.8 Å². The third-order valence-corrected chi connectivity index (χ3v) is 1.83. The summed E-state index contributed by atoms with van der Waals surface area (Å²) in [5.74, 6) is 0.949. The SMILES string of the molecule is Cc1nnc2n(C)cccc1-2. The van der Waals surface area contributed by atoms with Crippen molar-refractivity contribution in [2.75, 3.05) is 0 Å². The van der Waals surface area contributed by atoms with Crippen molar-refractivity contribution in [2.45, 2.75) is 6.92 Å². The van der Waals surface area contributed by atoms with Gasteiger partial charge >= 0.3 is 0 Å². The molecule has 2 aliphatic heterocycles. The third-order valence-electron chi connectivity index (χ3n) is 1.83. The minimum Gasteiger partial charge on any atom is -0.334 e. The molecule has 2 aliphatic rings. The summed E-state index contributed by atoms with van der Waals surface area (Å²) in [5.41, 5.74) is 2.13. The monoisotopic (exact) mass is 147 g/mol. The molecular formula is C8H9N3. The molecule has 0 amide bonds. The summed E-state index contributed by atoms with van der Waals surface area (Å²) in [5, 5.41) is 8.02. The Kier molecular flexibility index (Phi) is 1.18. The van der Waals surface area contributed by atoms with E-state index in [9.17, 15) is 0 Å². The lowest BCUT2D eigenvalue weighted by Gasteiger charge is -2.02. The van der Waals surface area contributed by atoms with Crippen LogP contribution in [0.2, 0.25) is 0 Å². The van der Waals surface area contributed by atoms with E-state index in [1.807, 2.05) is 36.9 Å². The average molecular weight is 147 g/mol. The summed E-state index contributed by atoms with van der Waals surface area (Å²) in [7, 11) is 1.97. The molecule has 3 nitrogen and oxygen atoms in total. The number of nitrogens with zero attached hydrogens (tertiary/aromatic N) is 3. The van der Waals surface area contributed by atoms with E-state index < -0.39 is 0 Å². The quantitative estimate of drug-likeness (QED) is 0.561. The summed E-state index contributed by atoms with van der Waals surface area (Å²) in [6, 6.07) is 4.03. The lowest BCUT2D eigenvalue weighted by molar-refractivity contribution is 0.872. The number of rotatable bonds is 0. The Balaban J connectivity index is 2.79. The van der Waals surface area contributed by atoms with Crippen molar-refractivity contribution < 1.29 is 0 Å². The van der Waals surface area contributed by atoms with E-state index in [2.05, 4.69) is 10.2 Å². The van der Waals surface area contributed by atoms with E-state index in [4.69, 9.17) is 0 Å². The zero-order valence-electron chi connectivity index (χ0n) is 6.57. The van der Waals surface area contributed by atoms with Gasteiger partial charge in [0.05, 0.1) is 5.69 Å². The van der Waals surface area contributed by atoms with Crippen LogP contribution in [0.25, 0.3) is 11.4 Å². The van der Waals surface area contributed by atoms with Gasteiger partial charge in [-0.3, -0.25) is 0 Å². The summed E-state index contributed by atoms with van der Waals surface area (Å²) in [4.78, 5) is 0. The second-order valence-electron chi connectivity index (χ2n) is 2.64. The molecule has 2 rings (SSSR count). The van der Waals surface area contributed by atoms with Crippen LogP contribution in [-0.2, 0) is 7.05 Å². The lowest BCUT2D eigenvalue weighted by atomic mass is 10.2. The minimum absolute atomic E-state index is 0.949. The van der Waals surface area contributed by atoms with Crippen LogP contribution in [0, 0.1) is 6.92 Å². The van der Waals surface area contributed by atoms with Crippen LogP contribution in [0.1, 0.15) is 5.69 Å². The standard InChI is InChI=1S/C8H9N3/c1-6-7-4-3-5-11(2)8(7)10-9-6/h3-5H,1-2H3. The maximum Gasteiger partial charge on any atom is 0.164 e. The highest BCUT2D eigenvalue weighted by molar-refractivity contribution is 5.59. The first kappa shape index (κ1) is 6.34. The molecule has 0 aliphatic carbocycles. The molecule has 0 aromatic rings. The van der Waals surface area contributed by atoms with Crippen LogP contribution >= 0.6 is 0 Å². The topological polar surface area (TPSA) is 30.7 Å². The maximum absolute atomic E-state index is 4.03. The van der Waals surface area contributed by atoms with Gasteiger partial charge < -0.3 is 4.57 Å². The number of pyridine rings is 1. The molecule has 0 aromatic carbocycles. The highest BCUT2D eigenvalue weighted by Crippen LogP contribution is 2.20. The summed E-state index contributed by atoms with van der Waals surface area (Å²) >= 11 is 0. The first-order valence-corrected chi connectivity index (χ1v) is 3.53. The first-order chi connectivity index (χ1) is 5.29. The Morgan fingerprint density at radius 2 is 2.18 bits per heavy atom. The van der Waals surface area contributed by atoms with Crippen molar-refractivity contribution in [3.8, 4) is 11.4 Å². The van der Waals surface area contributed by atoms with Crippen molar-refractivity contribution >= 4 is 0 Å². The predicted molar refractivity (Wildman–Crippen MR) is 42.4 cm³/mol. The minimum atomic E-state index is 0.949. The highest BCUT2D eigenvalue weighted by Gasteiger charge is 2.09. The van der Waals surface area contributed by atoms with Crippen LogP contribution in [-0.4, -0.2) is 14.8 Å². The Morgan fingerprint density at radius 1 is 1.36 bits per heavy atom. The van der Waals surface area contributed by atoms with Gasteiger partial charge in [0.25, 0.3) is 0 Å². The van der Waals surface area contributed by atoms with Crippen molar-refractivity contribution in [3.05, 3.63) is 24.0 Å². The second kappa shape index (κ2) is 2.05. The van der Waals surface area contributed by atoms with Gasteiger partial charge in [-0.25, -0.2) is 0 Å². The van der Waals surface area contributed by atoms with Gasteiger partial charge in [0.1, 0.15) is 0 Å². The van der Waals surface area contributed by atoms with E-state index in [1.165, 1.54) is 0 Å². The molecule has 0 unspecified atom stereocenters. The van der Waals surface area contributed by atoms with E-state index in [-0.39, 0.29) is 0 Å². The van der Waals surface area contributed by atoms with Crippen LogP contribution in [0.15, 0.2) is 18.3 Å². The molecule has 56 valence electrons. The van der Waals surface area contributed by atoms with Crippen LogP contribution in [0.3, 0.4) is 0 Å².